The summed E-state index contributed by atoms with van der Waals surface area (Å²) >= 11 is 0. The van der Waals surface area contributed by atoms with Gasteiger partial charge in [0.15, 0.2) is 0 Å². The van der Waals surface area contributed by atoms with E-state index >= 15 is 0 Å². The van der Waals surface area contributed by atoms with E-state index in [0.717, 1.165) is 23.8 Å². The van der Waals surface area contributed by atoms with Gasteiger partial charge in [0.2, 0.25) is 0 Å². The highest BCUT2D eigenvalue weighted by atomic mass is 14.9. The molecule has 3 fully saturated rings. The fraction of sp³-hybridized carbons (Fsp3) is 1.00. The summed E-state index contributed by atoms with van der Waals surface area (Å²) in [6, 6.07) is 0.873. The van der Waals surface area contributed by atoms with Crippen LogP contribution in [0.2, 0.25) is 0 Å². The summed E-state index contributed by atoms with van der Waals surface area (Å²) in [6.07, 6.45) is 15.0. The normalized spacial score (nSPS) is 39.4. The van der Waals surface area contributed by atoms with Gasteiger partial charge in [0, 0.05) is 6.04 Å². The maximum atomic E-state index is 3.83. The van der Waals surface area contributed by atoms with Crippen LogP contribution in [-0.2, 0) is 0 Å². The second-order valence-electron chi connectivity index (χ2n) is 6.50. The molecule has 0 bridgehead atoms. The number of nitrogens with one attached hydrogen (secondary N) is 1. The summed E-state index contributed by atoms with van der Waals surface area (Å²) in [7, 11) is 0. The van der Waals surface area contributed by atoms with Crippen molar-refractivity contribution in [2.75, 3.05) is 6.54 Å². The first kappa shape index (κ1) is 11.1. The van der Waals surface area contributed by atoms with Gasteiger partial charge in [-0.15, -0.1) is 0 Å². The molecule has 0 saturated heterocycles. The molecule has 0 amide bonds. The van der Waals surface area contributed by atoms with Gasteiger partial charge in [-0.1, -0.05) is 38.5 Å². The quantitative estimate of drug-likeness (QED) is 0.762. The molecule has 3 unspecified atom stereocenters. The molecule has 3 rings (SSSR count). The molecule has 0 spiro atoms. The van der Waals surface area contributed by atoms with Gasteiger partial charge in [0.05, 0.1) is 0 Å². The van der Waals surface area contributed by atoms with Crippen LogP contribution in [0, 0.1) is 17.8 Å². The van der Waals surface area contributed by atoms with Crippen molar-refractivity contribution in [3.8, 4) is 0 Å². The van der Waals surface area contributed by atoms with Crippen molar-refractivity contribution in [1.29, 1.82) is 0 Å². The Morgan fingerprint density at radius 2 is 1.62 bits per heavy atom. The standard InChI is InChI=1S/C15H27N/c1-2-4-14-11-15(8-7-13(14)3-1)16-10-9-12-5-6-12/h12-16H,1-11H2. The van der Waals surface area contributed by atoms with Crippen molar-refractivity contribution < 1.29 is 0 Å². The first-order valence-corrected chi connectivity index (χ1v) is 7.65. The van der Waals surface area contributed by atoms with E-state index in [9.17, 15) is 0 Å². The van der Waals surface area contributed by atoms with Crippen LogP contribution in [0.1, 0.15) is 64.2 Å². The highest BCUT2D eigenvalue weighted by Gasteiger charge is 2.32. The van der Waals surface area contributed by atoms with E-state index in [1.54, 1.807) is 6.42 Å². The van der Waals surface area contributed by atoms with Gasteiger partial charge in [0.1, 0.15) is 0 Å². The minimum Gasteiger partial charge on any atom is -0.314 e. The van der Waals surface area contributed by atoms with E-state index < -0.39 is 0 Å². The Bertz CT molecular complexity index is 221. The van der Waals surface area contributed by atoms with Gasteiger partial charge in [0.25, 0.3) is 0 Å². The van der Waals surface area contributed by atoms with Crippen LogP contribution in [0.25, 0.3) is 0 Å². The summed E-state index contributed by atoms with van der Waals surface area (Å²) < 4.78 is 0. The third kappa shape index (κ3) is 2.80. The Balaban J connectivity index is 1.39. The first-order valence-electron chi connectivity index (χ1n) is 7.65. The molecule has 0 radical (unpaired) electrons. The van der Waals surface area contributed by atoms with Gasteiger partial charge in [-0.2, -0.15) is 0 Å². The predicted molar refractivity (Wildman–Crippen MR) is 68.4 cm³/mol. The van der Waals surface area contributed by atoms with Gasteiger partial charge in [-0.3, -0.25) is 0 Å². The van der Waals surface area contributed by atoms with E-state index in [0.29, 0.717) is 0 Å². The molecule has 3 saturated carbocycles. The van der Waals surface area contributed by atoms with E-state index in [1.807, 2.05) is 0 Å². The summed E-state index contributed by atoms with van der Waals surface area (Å²) in [5, 5.41) is 3.83. The maximum Gasteiger partial charge on any atom is 0.00699 e. The van der Waals surface area contributed by atoms with Crippen LogP contribution < -0.4 is 5.32 Å². The molecule has 16 heavy (non-hydrogen) atoms. The molecule has 3 atom stereocenters. The van der Waals surface area contributed by atoms with Crippen molar-refractivity contribution in [1.82, 2.24) is 5.32 Å². The second-order valence-corrected chi connectivity index (χ2v) is 6.50. The molecule has 0 aromatic heterocycles. The van der Waals surface area contributed by atoms with E-state index in [-0.39, 0.29) is 0 Å². The Morgan fingerprint density at radius 1 is 0.812 bits per heavy atom. The number of rotatable bonds is 4. The molecular formula is C15H27N. The van der Waals surface area contributed by atoms with Crippen molar-refractivity contribution in [3.63, 3.8) is 0 Å². The molecule has 3 aliphatic carbocycles. The van der Waals surface area contributed by atoms with Gasteiger partial charge in [-0.05, 0) is 50.0 Å². The third-order valence-electron chi connectivity index (χ3n) is 5.22. The minimum absolute atomic E-state index is 0.873. The molecule has 0 aromatic carbocycles. The summed E-state index contributed by atoms with van der Waals surface area (Å²) in [5.74, 6) is 3.29. The average molecular weight is 221 g/mol. The van der Waals surface area contributed by atoms with Crippen molar-refractivity contribution in [2.24, 2.45) is 17.8 Å². The van der Waals surface area contributed by atoms with Gasteiger partial charge < -0.3 is 5.32 Å². The summed E-state index contributed by atoms with van der Waals surface area (Å²) in [6.45, 7) is 1.30. The van der Waals surface area contributed by atoms with Gasteiger partial charge >= 0.3 is 0 Å². The van der Waals surface area contributed by atoms with Crippen LogP contribution in [0.4, 0.5) is 0 Å². The monoisotopic (exact) mass is 221 g/mol. The Labute approximate surface area is 100 Å². The fourth-order valence-corrected chi connectivity index (χ4v) is 3.96. The maximum absolute atomic E-state index is 3.83. The lowest BCUT2D eigenvalue weighted by Gasteiger charge is -2.39. The Hall–Kier alpha value is -0.0400. The lowest BCUT2D eigenvalue weighted by molar-refractivity contribution is 0.143. The summed E-state index contributed by atoms with van der Waals surface area (Å²) in [5.41, 5.74) is 0. The zero-order valence-corrected chi connectivity index (χ0v) is 10.6. The third-order valence-corrected chi connectivity index (χ3v) is 5.22. The smallest absolute Gasteiger partial charge is 0.00699 e. The molecule has 92 valence electrons. The molecule has 0 aromatic rings. The second kappa shape index (κ2) is 5.08. The number of hydrogen-bond donors (Lipinski definition) is 1. The zero-order valence-electron chi connectivity index (χ0n) is 10.6. The Morgan fingerprint density at radius 3 is 2.44 bits per heavy atom. The van der Waals surface area contributed by atoms with Gasteiger partial charge in [-0.25, -0.2) is 0 Å². The Kier molecular flexibility index (Phi) is 3.51. The minimum atomic E-state index is 0.873. The molecule has 0 heterocycles. The predicted octanol–water partition coefficient (Wildman–Crippen LogP) is 3.74. The molecule has 1 nitrogen and oxygen atoms in total. The first-order chi connectivity index (χ1) is 7.92. The molecular weight excluding hydrogens is 194 g/mol. The van der Waals surface area contributed by atoms with Crippen LogP contribution in [-0.4, -0.2) is 12.6 Å². The number of hydrogen-bond acceptors (Lipinski definition) is 1. The topological polar surface area (TPSA) is 12.0 Å². The van der Waals surface area contributed by atoms with Crippen LogP contribution in [0.5, 0.6) is 0 Å². The van der Waals surface area contributed by atoms with E-state index in [1.165, 1.54) is 64.3 Å². The summed E-state index contributed by atoms with van der Waals surface area (Å²) in [4.78, 5) is 0. The van der Waals surface area contributed by atoms with Crippen molar-refractivity contribution in [2.45, 2.75) is 70.3 Å². The highest BCUT2D eigenvalue weighted by Crippen LogP contribution is 2.40. The zero-order chi connectivity index (χ0) is 10.8. The van der Waals surface area contributed by atoms with E-state index in [2.05, 4.69) is 5.32 Å². The molecule has 1 N–H and O–H groups in total. The van der Waals surface area contributed by atoms with Crippen LogP contribution in [0.3, 0.4) is 0 Å². The fourth-order valence-electron chi connectivity index (χ4n) is 3.96. The SMILES string of the molecule is C1CCC2CC(NCCC3CC3)CCC2C1. The van der Waals surface area contributed by atoms with E-state index in [4.69, 9.17) is 0 Å². The molecule has 0 aliphatic heterocycles. The lowest BCUT2D eigenvalue weighted by Crippen LogP contribution is -2.39. The van der Waals surface area contributed by atoms with Crippen LogP contribution in [0.15, 0.2) is 0 Å². The van der Waals surface area contributed by atoms with Crippen LogP contribution >= 0.6 is 0 Å². The van der Waals surface area contributed by atoms with Crippen molar-refractivity contribution >= 4 is 0 Å². The molecule has 3 aliphatic rings. The number of fused-ring (bicyclic) bond motifs is 1. The largest absolute Gasteiger partial charge is 0.314 e. The van der Waals surface area contributed by atoms with Crippen molar-refractivity contribution in [3.05, 3.63) is 0 Å². The average Bonchev–Trinajstić information content (AvgIpc) is 3.13. The molecule has 1 heteroatoms. The lowest BCUT2D eigenvalue weighted by atomic mass is 9.69. The highest BCUT2D eigenvalue weighted by molar-refractivity contribution is 4.86.